The Hall–Kier alpha value is -1.86. The van der Waals surface area contributed by atoms with Crippen LogP contribution >= 0.6 is 0 Å². The van der Waals surface area contributed by atoms with Gasteiger partial charge in [0.25, 0.3) is 0 Å². The second kappa shape index (κ2) is 7.61. The van der Waals surface area contributed by atoms with Gasteiger partial charge in [0.1, 0.15) is 5.75 Å². The summed E-state index contributed by atoms with van der Waals surface area (Å²) < 4.78 is 30.3. The Kier molecular flexibility index (Phi) is 5.79. The molecular formula is C16H22N2O4S. The van der Waals surface area contributed by atoms with E-state index in [0.717, 1.165) is 30.4 Å². The van der Waals surface area contributed by atoms with Crippen molar-refractivity contribution in [3.8, 4) is 5.75 Å². The molecule has 1 N–H and O–H groups in total. The molecule has 1 aliphatic rings. The maximum absolute atomic E-state index is 12.2. The van der Waals surface area contributed by atoms with Crippen LogP contribution in [0.25, 0.3) is 6.08 Å². The van der Waals surface area contributed by atoms with Crippen LogP contribution in [0.3, 0.4) is 0 Å². The highest BCUT2D eigenvalue weighted by molar-refractivity contribution is 7.88. The van der Waals surface area contributed by atoms with E-state index in [2.05, 4.69) is 4.72 Å². The molecule has 126 valence electrons. The van der Waals surface area contributed by atoms with Gasteiger partial charge in [-0.25, -0.2) is 13.1 Å². The lowest BCUT2D eigenvalue weighted by molar-refractivity contribution is -0.127. The fourth-order valence-electron chi connectivity index (χ4n) is 2.56. The number of amides is 1. The topological polar surface area (TPSA) is 75.7 Å². The molecule has 2 rings (SSSR count). The average Bonchev–Trinajstić information content (AvgIpc) is 2.51. The smallest absolute Gasteiger partial charge is 0.246 e. The minimum Gasteiger partial charge on any atom is -0.497 e. The lowest BCUT2D eigenvalue weighted by Gasteiger charge is -2.32. The van der Waals surface area contributed by atoms with Gasteiger partial charge in [-0.15, -0.1) is 0 Å². The first kappa shape index (κ1) is 17.5. The number of benzene rings is 1. The van der Waals surface area contributed by atoms with E-state index >= 15 is 0 Å². The summed E-state index contributed by atoms with van der Waals surface area (Å²) in [5.41, 5.74) is 0.905. The van der Waals surface area contributed by atoms with E-state index in [9.17, 15) is 13.2 Å². The van der Waals surface area contributed by atoms with Crippen molar-refractivity contribution in [3.05, 3.63) is 35.9 Å². The van der Waals surface area contributed by atoms with Gasteiger partial charge in [0, 0.05) is 25.2 Å². The third kappa shape index (κ3) is 5.69. The van der Waals surface area contributed by atoms with E-state index in [-0.39, 0.29) is 11.9 Å². The Labute approximate surface area is 137 Å². The molecule has 7 heteroatoms. The van der Waals surface area contributed by atoms with Gasteiger partial charge >= 0.3 is 0 Å². The average molecular weight is 338 g/mol. The molecule has 0 radical (unpaired) electrons. The van der Waals surface area contributed by atoms with Gasteiger partial charge in [-0.05, 0) is 36.6 Å². The minimum absolute atomic E-state index is 0.110. The Bertz CT molecular complexity index is 668. The number of nitrogens with one attached hydrogen (secondary N) is 1. The lowest BCUT2D eigenvalue weighted by atomic mass is 10.1. The number of hydrogen-bond donors (Lipinski definition) is 1. The van der Waals surface area contributed by atoms with Crippen LogP contribution < -0.4 is 9.46 Å². The second-order valence-corrected chi connectivity index (χ2v) is 7.40. The van der Waals surface area contributed by atoms with Gasteiger partial charge in [0.2, 0.25) is 15.9 Å². The third-order valence-electron chi connectivity index (χ3n) is 3.65. The normalized spacial score (nSPS) is 19.0. The van der Waals surface area contributed by atoms with Crippen molar-refractivity contribution in [3.63, 3.8) is 0 Å². The SMILES string of the molecule is COc1ccc(/C=C/C(=O)N2CCC[C@@H](NS(C)(=O)=O)C2)cc1. The van der Waals surface area contributed by atoms with Crippen molar-refractivity contribution >= 4 is 22.0 Å². The number of carbonyl (C=O) groups excluding carboxylic acids is 1. The first-order valence-electron chi connectivity index (χ1n) is 7.46. The number of carbonyl (C=O) groups is 1. The van der Waals surface area contributed by atoms with Crippen molar-refractivity contribution in [2.75, 3.05) is 26.5 Å². The Morgan fingerprint density at radius 1 is 1.35 bits per heavy atom. The molecule has 0 unspecified atom stereocenters. The van der Waals surface area contributed by atoms with Gasteiger partial charge in [0.05, 0.1) is 13.4 Å². The summed E-state index contributed by atoms with van der Waals surface area (Å²) in [7, 11) is -1.65. The van der Waals surface area contributed by atoms with E-state index < -0.39 is 10.0 Å². The number of rotatable bonds is 5. The first-order chi connectivity index (χ1) is 10.9. The number of likely N-dealkylation sites (tertiary alicyclic amines) is 1. The van der Waals surface area contributed by atoms with E-state index in [0.29, 0.717) is 13.1 Å². The van der Waals surface area contributed by atoms with Crippen LogP contribution in [0, 0.1) is 0 Å². The first-order valence-corrected chi connectivity index (χ1v) is 9.35. The molecule has 0 aliphatic carbocycles. The van der Waals surface area contributed by atoms with Gasteiger partial charge in [-0.1, -0.05) is 12.1 Å². The van der Waals surface area contributed by atoms with E-state index in [1.54, 1.807) is 18.1 Å². The Morgan fingerprint density at radius 3 is 2.65 bits per heavy atom. The van der Waals surface area contributed by atoms with E-state index in [1.165, 1.54) is 6.08 Å². The molecule has 1 aromatic carbocycles. The predicted octanol–water partition coefficient (Wildman–Crippen LogP) is 1.25. The molecule has 0 spiro atoms. The highest BCUT2D eigenvalue weighted by Gasteiger charge is 2.24. The van der Waals surface area contributed by atoms with E-state index in [1.807, 2.05) is 24.3 Å². The molecule has 1 atom stereocenters. The number of piperidine rings is 1. The van der Waals surface area contributed by atoms with E-state index in [4.69, 9.17) is 4.74 Å². The van der Waals surface area contributed by atoms with Crippen molar-refractivity contribution in [1.82, 2.24) is 9.62 Å². The monoisotopic (exact) mass is 338 g/mol. The maximum Gasteiger partial charge on any atom is 0.246 e. The maximum atomic E-state index is 12.2. The van der Waals surface area contributed by atoms with Crippen LogP contribution in [0.1, 0.15) is 18.4 Å². The number of methoxy groups -OCH3 is 1. The van der Waals surface area contributed by atoms with Crippen molar-refractivity contribution in [2.45, 2.75) is 18.9 Å². The van der Waals surface area contributed by atoms with Crippen LogP contribution in [0.4, 0.5) is 0 Å². The van der Waals surface area contributed by atoms with Crippen molar-refractivity contribution in [2.24, 2.45) is 0 Å². The van der Waals surface area contributed by atoms with Gasteiger partial charge in [-0.3, -0.25) is 4.79 Å². The minimum atomic E-state index is -3.25. The van der Waals surface area contributed by atoms with Gasteiger partial charge < -0.3 is 9.64 Å². The molecule has 23 heavy (non-hydrogen) atoms. The molecule has 1 amide bonds. The fourth-order valence-corrected chi connectivity index (χ4v) is 3.36. The standard InChI is InChI=1S/C16H22N2O4S/c1-22-15-8-5-13(6-9-15)7-10-16(19)18-11-3-4-14(12-18)17-23(2,20)21/h5-10,14,17H,3-4,11-12H2,1-2H3/b10-7+/t14-/m1/s1. The van der Waals surface area contributed by atoms with Crippen LogP contribution in [0.15, 0.2) is 30.3 Å². The number of hydrogen-bond acceptors (Lipinski definition) is 4. The quantitative estimate of drug-likeness (QED) is 0.820. The summed E-state index contributed by atoms with van der Waals surface area (Å²) in [5.74, 6) is 0.653. The summed E-state index contributed by atoms with van der Waals surface area (Å²) in [6.45, 7) is 1.05. The summed E-state index contributed by atoms with van der Waals surface area (Å²) in [4.78, 5) is 13.9. The van der Waals surface area contributed by atoms with Crippen LogP contribution in [-0.4, -0.2) is 51.7 Å². The summed E-state index contributed by atoms with van der Waals surface area (Å²) >= 11 is 0. The molecule has 0 bridgehead atoms. The highest BCUT2D eigenvalue weighted by atomic mass is 32.2. The molecule has 0 saturated carbocycles. The molecule has 1 heterocycles. The summed E-state index contributed by atoms with van der Waals surface area (Å²) in [5, 5.41) is 0. The molecule has 1 fully saturated rings. The van der Waals surface area contributed by atoms with Gasteiger partial charge in [-0.2, -0.15) is 0 Å². The zero-order valence-corrected chi connectivity index (χ0v) is 14.2. The van der Waals surface area contributed by atoms with Crippen LogP contribution in [0.5, 0.6) is 5.75 Å². The van der Waals surface area contributed by atoms with Crippen LogP contribution in [0.2, 0.25) is 0 Å². The second-order valence-electron chi connectivity index (χ2n) is 5.62. The zero-order valence-electron chi connectivity index (χ0n) is 13.4. The molecule has 1 aliphatic heterocycles. The molecular weight excluding hydrogens is 316 g/mol. The Balaban J connectivity index is 1.95. The molecule has 0 aromatic heterocycles. The summed E-state index contributed by atoms with van der Waals surface area (Å²) in [6, 6.07) is 7.19. The number of sulfonamides is 1. The summed E-state index contributed by atoms with van der Waals surface area (Å²) in [6.07, 6.45) is 5.94. The van der Waals surface area contributed by atoms with Crippen molar-refractivity contribution < 1.29 is 17.9 Å². The molecule has 6 nitrogen and oxygen atoms in total. The highest BCUT2D eigenvalue weighted by Crippen LogP contribution is 2.14. The van der Waals surface area contributed by atoms with Crippen LogP contribution in [-0.2, 0) is 14.8 Å². The number of ether oxygens (including phenoxy) is 1. The number of nitrogens with zero attached hydrogens (tertiary/aromatic N) is 1. The molecule has 1 saturated heterocycles. The predicted molar refractivity (Wildman–Crippen MR) is 89.6 cm³/mol. The van der Waals surface area contributed by atoms with Crippen molar-refractivity contribution in [1.29, 1.82) is 0 Å². The van der Waals surface area contributed by atoms with Gasteiger partial charge in [0.15, 0.2) is 0 Å². The fraction of sp³-hybridized carbons (Fsp3) is 0.438. The lowest BCUT2D eigenvalue weighted by Crippen LogP contribution is -2.48. The largest absolute Gasteiger partial charge is 0.497 e. The third-order valence-corrected chi connectivity index (χ3v) is 4.41. The Morgan fingerprint density at radius 2 is 2.04 bits per heavy atom. The molecule has 1 aromatic rings. The zero-order chi connectivity index (χ0) is 16.9.